The molecule has 0 spiro atoms. The SMILES string of the molecule is C=C[C@H](C/C=C\[C@@H](C)OCOCC[Si](C)(C)C)C/C=C/c1ccccc1. The molecule has 0 amide bonds. The summed E-state index contributed by atoms with van der Waals surface area (Å²) in [5.74, 6) is 0.450. The highest BCUT2D eigenvalue weighted by Crippen LogP contribution is 2.14. The Kier molecular flexibility index (Phi) is 11.2. The maximum absolute atomic E-state index is 5.68. The molecule has 1 aromatic carbocycles. The summed E-state index contributed by atoms with van der Waals surface area (Å²) in [6.07, 6.45) is 12.8. The van der Waals surface area contributed by atoms with Crippen LogP contribution < -0.4 is 0 Å². The fraction of sp³-hybridized carbons (Fsp3) is 0.478. The molecule has 0 aliphatic heterocycles. The van der Waals surface area contributed by atoms with Crippen LogP contribution in [0, 0.1) is 5.92 Å². The summed E-state index contributed by atoms with van der Waals surface area (Å²) in [4.78, 5) is 0. The van der Waals surface area contributed by atoms with E-state index in [2.05, 4.69) is 81.7 Å². The molecule has 0 saturated carbocycles. The summed E-state index contributed by atoms with van der Waals surface area (Å²) >= 11 is 0. The Morgan fingerprint density at radius 1 is 1.08 bits per heavy atom. The summed E-state index contributed by atoms with van der Waals surface area (Å²) in [6, 6.07) is 11.6. The van der Waals surface area contributed by atoms with Gasteiger partial charge in [0, 0.05) is 14.7 Å². The smallest absolute Gasteiger partial charge is 0.147 e. The van der Waals surface area contributed by atoms with Crippen molar-refractivity contribution in [3.8, 4) is 0 Å². The van der Waals surface area contributed by atoms with Crippen molar-refractivity contribution in [2.75, 3.05) is 13.4 Å². The minimum Gasteiger partial charge on any atom is -0.356 e. The van der Waals surface area contributed by atoms with Gasteiger partial charge < -0.3 is 9.47 Å². The average Bonchev–Trinajstić information content (AvgIpc) is 2.60. The Hall–Kier alpha value is -1.42. The summed E-state index contributed by atoms with van der Waals surface area (Å²) < 4.78 is 11.3. The van der Waals surface area contributed by atoms with Crippen LogP contribution >= 0.6 is 0 Å². The van der Waals surface area contributed by atoms with E-state index in [1.54, 1.807) is 0 Å². The highest BCUT2D eigenvalue weighted by Gasteiger charge is 2.12. The number of benzene rings is 1. The van der Waals surface area contributed by atoms with Crippen LogP contribution in [-0.4, -0.2) is 27.6 Å². The van der Waals surface area contributed by atoms with E-state index in [0.29, 0.717) is 12.7 Å². The molecule has 26 heavy (non-hydrogen) atoms. The van der Waals surface area contributed by atoms with Crippen molar-refractivity contribution in [3.63, 3.8) is 0 Å². The van der Waals surface area contributed by atoms with Gasteiger partial charge in [0.25, 0.3) is 0 Å². The summed E-state index contributed by atoms with van der Waals surface area (Å²) in [6.45, 7) is 14.3. The molecule has 1 rings (SSSR count). The van der Waals surface area contributed by atoms with Gasteiger partial charge in [0.2, 0.25) is 0 Å². The topological polar surface area (TPSA) is 18.5 Å². The highest BCUT2D eigenvalue weighted by atomic mass is 28.3. The minimum absolute atomic E-state index is 0.0761. The second-order valence-electron chi connectivity index (χ2n) is 7.92. The third-order valence-corrected chi connectivity index (χ3v) is 5.84. The molecule has 0 bridgehead atoms. The predicted molar refractivity (Wildman–Crippen MR) is 117 cm³/mol. The van der Waals surface area contributed by atoms with Gasteiger partial charge in [-0.25, -0.2) is 0 Å². The van der Waals surface area contributed by atoms with Crippen molar-refractivity contribution in [2.45, 2.75) is 51.6 Å². The van der Waals surface area contributed by atoms with Crippen molar-refractivity contribution in [1.82, 2.24) is 0 Å². The van der Waals surface area contributed by atoms with Gasteiger partial charge in [0.15, 0.2) is 0 Å². The second kappa shape index (κ2) is 12.9. The number of allylic oxidation sites excluding steroid dienone is 3. The fourth-order valence-corrected chi connectivity index (χ4v) is 3.08. The van der Waals surface area contributed by atoms with Gasteiger partial charge >= 0.3 is 0 Å². The molecule has 0 unspecified atom stereocenters. The van der Waals surface area contributed by atoms with Crippen LogP contribution in [0.1, 0.15) is 25.3 Å². The molecule has 3 heteroatoms. The van der Waals surface area contributed by atoms with E-state index in [-0.39, 0.29) is 6.10 Å². The van der Waals surface area contributed by atoms with Gasteiger partial charge in [0.1, 0.15) is 6.79 Å². The summed E-state index contributed by atoms with van der Waals surface area (Å²) in [5, 5.41) is 0. The lowest BCUT2D eigenvalue weighted by molar-refractivity contribution is -0.0665. The number of ether oxygens (including phenoxy) is 2. The minimum atomic E-state index is -1.01. The Bertz CT molecular complexity index is 543. The van der Waals surface area contributed by atoms with Crippen LogP contribution in [0.15, 0.2) is 61.2 Å². The predicted octanol–water partition coefficient (Wildman–Crippen LogP) is 6.56. The normalized spacial score (nSPS) is 14.8. The third kappa shape index (κ3) is 12.0. The van der Waals surface area contributed by atoms with E-state index in [4.69, 9.17) is 9.47 Å². The number of hydrogen-bond donors (Lipinski definition) is 0. The zero-order valence-electron chi connectivity index (χ0n) is 17.0. The first-order chi connectivity index (χ1) is 12.4. The molecule has 0 aliphatic carbocycles. The van der Waals surface area contributed by atoms with Crippen molar-refractivity contribution in [3.05, 3.63) is 66.8 Å². The van der Waals surface area contributed by atoms with E-state index in [9.17, 15) is 0 Å². The van der Waals surface area contributed by atoms with Crippen LogP contribution in [0.5, 0.6) is 0 Å². The highest BCUT2D eigenvalue weighted by molar-refractivity contribution is 6.76. The molecule has 144 valence electrons. The van der Waals surface area contributed by atoms with Crippen molar-refractivity contribution in [1.29, 1.82) is 0 Å². The van der Waals surface area contributed by atoms with Gasteiger partial charge in [-0.15, -0.1) is 6.58 Å². The van der Waals surface area contributed by atoms with Crippen LogP contribution in [-0.2, 0) is 9.47 Å². The molecule has 0 N–H and O–H groups in total. The maximum atomic E-state index is 5.68. The van der Waals surface area contributed by atoms with E-state index in [0.717, 1.165) is 19.4 Å². The molecular weight excluding hydrogens is 336 g/mol. The van der Waals surface area contributed by atoms with E-state index >= 15 is 0 Å². The van der Waals surface area contributed by atoms with E-state index in [1.807, 2.05) is 12.1 Å². The van der Waals surface area contributed by atoms with Crippen LogP contribution in [0.4, 0.5) is 0 Å². The lowest BCUT2D eigenvalue weighted by Crippen LogP contribution is -2.22. The quantitative estimate of drug-likeness (QED) is 0.169. The number of rotatable bonds is 13. The largest absolute Gasteiger partial charge is 0.356 e. The van der Waals surface area contributed by atoms with E-state index in [1.165, 1.54) is 11.6 Å². The lowest BCUT2D eigenvalue weighted by Gasteiger charge is -2.16. The average molecular weight is 373 g/mol. The van der Waals surface area contributed by atoms with Gasteiger partial charge in [-0.05, 0) is 37.3 Å². The number of hydrogen-bond acceptors (Lipinski definition) is 2. The first-order valence-corrected chi connectivity index (χ1v) is 13.3. The van der Waals surface area contributed by atoms with Crippen molar-refractivity contribution in [2.24, 2.45) is 5.92 Å². The standard InChI is InChI=1S/C23H36O2Si/c1-6-22(16-11-17-23-13-8-7-9-14-23)15-10-12-21(2)25-20-24-18-19-26(3,4)5/h6-14,17,21-22H,1,15-16,18-20H2,2-5H3/b12-10-,17-11+/t21-,22-/m1/s1. The van der Waals surface area contributed by atoms with Gasteiger partial charge in [0.05, 0.1) is 6.10 Å². The maximum Gasteiger partial charge on any atom is 0.147 e. The Balaban J connectivity index is 2.21. The molecule has 0 aromatic heterocycles. The molecule has 2 atom stereocenters. The Morgan fingerprint density at radius 2 is 1.77 bits per heavy atom. The molecule has 0 heterocycles. The molecular formula is C23H36O2Si. The van der Waals surface area contributed by atoms with Crippen molar-refractivity contribution < 1.29 is 9.47 Å². The molecule has 0 radical (unpaired) electrons. The first kappa shape index (κ1) is 22.6. The van der Waals surface area contributed by atoms with Gasteiger partial charge in [-0.2, -0.15) is 0 Å². The summed E-state index contributed by atoms with van der Waals surface area (Å²) in [7, 11) is -1.01. The Labute approximate surface area is 161 Å². The zero-order valence-corrected chi connectivity index (χ0v) is 18.0. The van der Waals surface area contributed by atoms with Gasteiger partial charge in [-0.3, -0.25) is 0 Å². The fourth-order valence-electron chi connectivity index (χ4n) is 2.33. The van der Waals surface area contributed by atoms with Crippen LogP contribution in [0.2, 0.25) is 25.7 Å². The summed E-state index contributed by atoms with van der Waals surface area (Å²) in [5.41, 5.74) is 1.24. The van der Waals surface area contributed by atoms with Gasteiger partial charge in [-0.1, -0.05) is 80.4 Å². The van der Waals surface area contributed by atoms with E-state index < -0.39 is 8.07 Å². The van der Waals surface area contributed by atoms with Crippen LogP contribution in [0.3, 0.4) is 0 Å². The molecule has 1 aromatic rings. The molecule has 2 nitrogen and oxygen atoms in total. The van der Waals surface area contributed by atoms with Crippen molar-refractivity contribution >= 4 is 14.1 Å². The second-order valence-corrected chi connectivity index (χ2v) is 13.5. The van der Waals surface area contributed by atoms with Crippen LogP contribution in [0.25, 0.3) is 6.08 Å². The first-order valence-electron chi connectivity index (χ1n) is 9.61. The lowest BCUT2D eigenvalue weighted by atomic mass is 10.0. The monoisotopic (exact) mass is 372 g/mol. The molecule has 0 aliphatic rings. The zero-order chi connectivity index (χ0) is 19.3. The Morgan fingerprint density at radius 3 is 2.42 bits per heavy atom. The molecule has 0 saturated heterocycles. The molecule has 0 fully saturated rings. The third-order valence-electron chi connectivity index (χ3n) is 4.14.